The number of likely N-dealkylation sites (tertiary alicyclic amines) is 1. The van der Waals surface area contributed by atoms with Gasteiger partial charge in [0.25, 0.3) is 0 Å². The summed E-state index contributed by atoms with van der Waals surface area (Å²) >= 11 is 0. The molecule has 0 aliphatic carbocycles. The van der Waals surface area contributed by atoms with Crippen LogP contribution in [0.15, 0.2) is 18.2 Å². The first-order valence-electron chi connectivity index (χ1n) is 14.3. The normalized spacial score (nSPS) is 18.6. The molecule has 0 radical (unpaired) electrons. The molecule has 214 valence electrons. The van der Waals surface area contributed by atoms with Crippen molar-refractivity contribution in [3.05, 3.63) is 34.9 Å². The quantitative estimate of drug-likeness (QED) is 0.133. The lowest BCUT2D eigenvalue weighted by atomic mass is 9.99. The molecule has 0 spiro atoms. The molecule has 9 nitrogen and oxygen atoms in total. The second-order valence-electron chi connectivity index (χ2n) is 10.5. The Hall–Kier alpha value is -2.61. The van der Waals surface area contributed by atoms with Crippen LogP contribution in [0.4, 0.5) is 0 Å². The lowest BCUT2D eigenvalue weighted by Gasteiger charge is -2.30. The van der Waals surface area contributed by atoms with Crippen LogP contribution < -0.4 is 16.4 Å². The second kappa shape index (κ2) is 17.2. The van der Waals surface area contributed by atoms with Crippen LogP contribution in [-0.4, -0.2) is 93.0 Å². The summed E-state index contributed by atoms with van der Waals surface area (Å²) in [7, 11) is 1.84. The van der Waals surface area contributed by atoms with Crippen molar-refractivity contribution < 1.29 is 19.1 Å². The number of piperidine rings is 2. The summed E-state index contributed by atoms with van der Waals surface area (Å²) in [6.07, 6.45) is 7.59. The minimum absolute atomic E-state index is 0.238. The monoisotopic (exact) mass is 539 g/mol. The minimum Gasteiger partial charge on any atom is -0.381 e. The van der Waals surface area contributed by atoms with Crippen molar-refractivity contribution in [2.24, 2.45) is 5.73 Å². The molecule has 3 rings (SSSR count). The van der Waals surface area contributed by atoms with Crippen LogP contribution in [0.2, 0.25) is 0 Å². The molecule has 4 N–H and O–H groups in total. The number of nitrogens with one attached hydrogen (secondary N) is 2. The van der Waals surface area contributed by atoms with E-state index in [2.05, 4.69) is 27.4 Å². The number of amides is 2. The van der Waals surface area contributed by atoms with Gasteiger partial charge in [-0.25, -0.2) is 0 Å². The second-order valence-corrected chi connectivity index (χ2v) is 10.5. The first-order chi connectivity index (χ1) is 19.0. The maximum Gasteiger partial charge on any atom is 0.243 e. The Morgan fingerprint density at radius 3 is 2.69 bits per heavy atom. The molecular formula is C30H45N5O4. The number of nitrogens with two attached hydrogens (primary N) is 1. The van der Waals surface area contributed by atoms with Gasteiger partial charge in [-0.15, -0.1) is 0 Å². The number of unbranched alkanes of at least 4 members (excludes halogenated alkanes) is 1. The third-order valence-corrected chi connectivity index (χ3v) is 7.40. The molecule has 2 fully saturated rings. The summed E-state index contributed by atoms with van der Waals surface area (Å²) in [6, 6.07) is 5.49. The van der Waals surface area contributed by atoms with Gasteiger partial charge in [-0.1, -0.05) is 24.0 Å². The molecule has 0 aromatic heterocycles. The number of ether oxygens (including phenoxy) is 1. The van der Waals surface area contributed by atoms with E-state index in [1.165, 1.54) is 0 Å². The molecule has 0 bridgehead atoms. The Bertz CT molecular complexity index is 997. The fourth-order valence-corrected chi connectivity index (χ4v) is 5.02. The van der Waals surface area contributed by atoms with Gasteiger partial charge in [-0.3, -0.25) is 24.6 Å². The Kier molecular flexibility index (Phi) is 13.6. The highest BCUT2D eigenvalue weighted by Crippen LogP contribution is 2.19. The van der Waals surface area contributed by atoms with Crippen molar-refractivity contribution in [3.63, 3.8) is 0 Å². The van der Waals surface area contributed by atoms with Gasteiger partial charge in [0, 0.05) is 56.3 Å². The van der Waals surface area contributed by atoms with E-state index < -0.39 is 6.04 Å². The van der Waals surface area contributed by atoms with Gasteiger partial charge in [0.2, 0.25) is 11.8 Å². The molecule has 1 atom stereocenters. The summed E-state index contributed by atoms with van der Waals surface area (Å²) in [5.41, 5.74) is 8.13. The summed E-state index contributed by atoms with van der Waals surface area (Å²) < 4.78 is 5.77. The van der Waals surface area contributed by atoms with Gasteiger partial charge < -0.3 is 20.7 Å². The molecular weight excluding hydrogens is 494 g/mol. The van der Waals surface area contributed by atoms with Crippen molar-refractivity contribution in [2.75, 3.05) is 53.0 Å². The fourth-order valence-electron chi connectivity index (χ4n) is 5.02. The highest BCUT2D eigenvalue weighted by Gasteiger charge is 2.30. The number of benzene rings is 1. The highest BCUT2D eigenvalue weighted by molar-refractivity contribution is 6.00. The standard InChI is InChI=1S/C30H45N5O4/c1-34(28-11-12-29(37)33-30(28)38)22-27-24(9-5-10-25(27)23-36)8-3-2-4-15-32-16-6-20-39-21-7-17-35-18-13-26(31)14-19-35/h5,9-10,23,26,28,32H,2,4,6-7,11-22,31H2,1H3,(H,33,37,38). The van der Waals surface area contributed by atoms with Gasteiger partial charge in [-0.2, -0.15) is 0 Å². The topological polar surface area (TPSA) is 117 Å². The van der Waals surface area contributed by atoms with E-state index in [1.807, 2.05) is 24.1 Å². The van der Waals surface area contributed by atoms with Crippen LogP contribution in [0, 0.1) is 11.8 Å². The lowest BCUT2D eigenvalue weighted by Crippen LogP contribution is -2.51. The largest absolute Gasteiger partial charge is 0.381 e. The zero-order valence-electron chi connectivity index (χ0n) is 23.4. The molecule has 0 saturated carbocycles. The summed E-state index contributed by atoms with van der Waals surface area (Å²) in [4.78, 5) is 39.8. The number of carbonyl (C=O) groups is 3. The molecule has 2 aliphatic rings. The third kappa shape index (κ3) is 10.8. The number of aldehydes is 1. The van der Waals surface area contributed by atoms with Crippen LogP contribution in [-0.2, 0) is 20.9 Å². The number of nitrogens with zero attached hydrogens (tertiary/aromatic N) is 2. The smallest absolute Gasteiger partial charge is 0.243 e. The summed E-state index contributed by atoms with van der Waals surface area (Å²) in [5.74, 6) is 5.93. The van der Waals surface area contributed by atoms with Crippen LogP contribution in [0.3, 0.4) is 0 Å². The lowest BCUT2D eigenvalue weighted by molar-refractivity contribution is -0.137. The molecule has 39 heavy (non-hydrogen) atoms. The van der Waals surface area contributed by atoms with Crippen LogP contribution in [0.1, 0.15) is 72.9 Å². The summed E-state index contributed by atoms with van der Waals surface area (Å²) in [6.45, 7) is 7.15. The molecule has 2 amide bonds. The van der Waals surface area contributed by atoms with Crippen LogP contribution in [0.5, 0.6) is 0 Å². The summed E-state index contributed by atoms with van der Waals surface area (Å²) in [5, 5.41) is 5.84. The van der Waals surface area contributed by atoms with E-state index >= 15 is 0 Å². The average molecular weight is 540 g/mol. The van der Waals surface area contributed by atoms with Gasteiger partial charge in [0.05, 0.1) is 6.04 Å². The zero-order chi connectivity index (χ0) is 27.9. The van der Waals surface area contributed by atoms with E-state index in [0.29, 0.717) is 31.0 Å². The van der Waals surface area contributed by atoms with Crippen molar-refractivity contribution >= 4 is 18.1 Å². The van der Waals surface area contributed by atoms with Crippen molar-refractivity contribution in [1.29, 1.82) is 0 Å². The molecule has 1 unspecified atom stereocenters. The van der Waals surface area contributed by atoms with Gasteiger partial charge in [-0.05, 0) is 83.4 Å². The predicted octanol–water partition coefficient (Wildman–Crippen LogP) is 1.68. The molecule has 2 saturated heterocycles. The number of hydrogen-bond donors (Lipinski definition) is 3. The third-order valence-electron chi connectivity index (χ3n) is 7.40. The Morgan fingerprint density at radius 1 is 1.15 bits per heavy atom. The van der Waals surface area contributed by atoms with E-state index in [-0.39, 0.29) is 11.8 Å². The average Bonchev–Trinajstić information content (AvgIpc) is 2.92. The fraction of sp³-hybridized carbons (Fsp3) is 0.633. The molecule has 9 heteroatoms. The van der Waals surface area contributed by atoms with Crippen molar-refractivity contribution in [2.45, 2.75) is 70.0 Å². The predicted molar refractivity (Wildman–Crippen MR) is 152 cm³/mol. The minimum atomic E-state index is -0.404. The Morgan fingerprint density at radius 2 is 1.92 bits per heavy atom. The number of hydrogen-bond acceptors (Lipinski definition) is 8. The first kappa shape index (κ1) is 30.9. The van der Waals surface area contributed by atoms with Gasteiger partial charge in [0.15, 0.2) is 0 Å². The van der Waals surface area contributed by atoms with Crippen LogP contribution >= 0.6 is 0 Å². The maximum absolute atomic E-state index is 12.2. The molecule has 1 aromatic carbocycles. The molecule has 2 heterocycles. The van der Waals surface area contributed by atoms with E-state index in [0.717, 1.165) is 102 Å². The Labute approximate surface area is 233 Å². The number of carbonyl (C=O) groups excluding carboxylic acids is 3. The van der Waals surface area contributed by atoms with Crippen molar-refractivity contribution in [1.82, 2.24) is 20.4 Å². The zero-order valence-corrected chi connectivity index (χ0v) is 23.4. The molecule has 2 aliphatic heterocycles. The Balaban J connectivity index is 1.30. The van der Waals surface area contributed by atoms with Crippen LogP contribution in [0.25, 0.3) is 0 Å². The maximum atomic E-state index is 12.2. The number of rotatable bonds is 15. The molecule has 1 aromatic rings. The van der Waals surface area contributed by atoms with Gasteiger partial charge in [0.1, 0.15) is 6.29 Å². The van der Waals surface area contributed by atoms with E-state index in [1.54, 1.807) is 6.07 Å². The highest BCUT2D eigenvalue weighted by atomic mass is 16.5. The van der Waals surface area contributed by atoms with E-state index in [4.69, 9.17) is 10.5 Å². The first-order valence-corrected chi connectivity index (χ1v) is 14.3. The van der Waals surface area contributed by atoms with Gasteiger partial charge >= 0.3 is 0 Å². The van der Waals surface area contributed by atoms with Crippen molar-refractivity contribution in [3.8, 4) is 11.8 Å². The number of imide groups is 1. The van der Waals surface area contributed by atoms with E-state index in [9.17, 15) is 14.4 Å². The number of likely N-dealkylation sites (N-methyl/N-ethyl adjacent to an activating group) is 1. The SMILES string of the molecule is CN(Cc1c(C#CCCCNCCCOCCCN2CCC(N)CC2)cccc1C=O)C1CCC(=O)NC1=O.